The van der Waals surface area contributed by atoms with Crippen LogP contribution in [0.2, 0.25) is 5.02 Å². The number of anilines is 1. The second-order valence-electron chi connectivity index (χ2n) is 3.46. The zero-order valence-electron chi connectivity index (χ0n) is 9.40. The van der Waals surface area contributed by atoms with Gasteiger partial charge in [-0.25, -0.2) is 4.79 Å². The molecule has 0 spiro atoms. The van der Waals surface area contributed by atoms with E-state index in [-0.39, 0.29) is 11.3 Å². The molecule has 0 unspecified atom stereocenters. The van der Waals surface area contributed by atoms with Crippen LogP contribution in [0.5, 0.6) is 0 Å². The van der Waals surface area contributed by atoms with E-state index in [0.29, 0.717) is 5.02 Å². The molecular weight excluding hydrogens is 258 g/mol. The van der Waals surface area contributed by atoms with Crippen molar-refractivity contribution in [2.45, 2.75) is 13.0 Å². The molecule has 1 rings (SSSR count). The van der Waals surface area contributed by atoms with E-state index in [0.717, 1.165) is 0 Å². The number of rotatable bonds is 3. The number of nitriles is 1. The van der Waals surface area contributed by atoms with Gasteiger partial charge < -0.3 is 15.7 Å². The maximum atomic E-state index is 11.5. The number of urea groups is 1. The Labute approximate surface area is 108 Å². The summed E-state index contributed by atoms with van der Waals surface area (Å²) in [5, 5.41) is 22.4. The van der Waals surface area contributed by atoms with Crippen LogP contribution in [0.4, 0.5) is 10.5 Å². The van der Waals surface area contributed by atoms with Gasteiger partial charge in [-0.3, -0.25) is 4.79 Å². The van der Waals surface area contributed by atoms with Crippen LogP contribution in [0.1, 0.15) is 12.5 Å². The van der Waals surface area contributed by atoms with Crippen LogP contribution in [0.15, 0.2) is 18.2 Å². The number of carbonyl (C=O) groups excluding carboxylic acids is 1. The van der Waals surface area contributed by atoms with Gasteiger partial charge in [0.1, 0.15) is 12.1 Å². The van der Waals surface area contributed by atoms with Gasteiger partial charge in [-0.05, 0) is 25.1 Å². The fraction of sp³-hybridized carbons (Fsp3) is 0.182. The molecule has 7 heteroatoms. The summed E-state index contributed by atoms with van der Waals surface area (Å²) in [7, 11) is 0. The number of carbonyl (C=O) groups is 2. The van der Waals surface area contributed by atoms with Gasteiger partial charge in [0.2, 0.25) is 0 Å². The Bertz CT molecular complexity index is 525. The van der Waals surface area contributed by atoms with Crippen molar-refractivity contribution in [3.63, 3.8) is 0 Å². The van der Waals surface area contributed by atoms with Gasteiger partial charge in [0.25, 0.3) is 0 Å². The van der Waals surface area contributed by atoms with Crippen molar-refractivity contribution in [2.75, 3.05) is 5.32 Å². The van der Waals surface area contributed by atoms with E-state index in [1.54, 1.807) is 0 Å². The van der Waals surface area contributed by atoms with Crippen molar-refractivity contribution in [2.24, 2.45) is 0 Å². The Morgan fingerprint density at radius 3 is 2.72 bits per heavy atom. The molecule has 0 bridgehead atoms. The number of nitrogens with zero attached hydrogens (tertiary/aromatic N) is 1. The summed E-state index contributed by atoms with van der Waals surface area (Å²) in [6, 6.07) is 4.52. The number of aliphatic carboxylic acids is 1. The molecule has 2 amide bonds. The van der Waals surface area contributed by atoms with Crippen LogP contribution in [0.25, 0.3) is 0 Å². The number of carboxylic acid groups (broad SMARTS) is 1. The van der Waals surface area contributed by atoms with E-state index in [1.165, 1.54) is 25.1 Å². The first-order valence-electron chi connectivity index (χ1n) is 4.94. The van der Waals surface area contributed by atoms with E-state index in [4.69, 9.17) is 22.0 Å². The molecule has 1 atom stereocenters. The normalized spacial score (nSPS) is 11.2. The van der Waals surface area contributed by atoms with E-state index < -0.39 is 18.0 Å². The SMILES string of the molecule is C[C@H](NC(=O)Nc1cc(Cl)ccc1C#N)C(=O)O. The molecule has 1 aromatic rings. The number of halogens is 1. The van der Waals surface area contributed by atoms with Crippen molar-refractivity contribution in [3.05, 3.63) is 28.8 Å². The summed E-state index contributed by atoms with van der Waals surface area (Å²) in [5.74, 6) is -1.16. The number of amides is 2. The Morgan fingerprint density at radius 2 is 2.17 bits per heavy atom. The van der Waals surface area contributed by atoms with Crippen LogP contribution in [-0.4, -0.2) is 23.1 Å². The average molecular weight is 268 g/mol. The van der Waals surface area contributed by atoms with Crippen molar-refractivity contribution in [1.29, 1.82) is 5.26 Å². The standard InChI is InChI=1S/C11H10ClN3O3/c1-6(10(16)17)14-11(18)15-9-4-8(12)3-2-7(9)5-13/h2-4,6H,1H3,(H,16,17)(H2,14,15,18)/t6-/m0/s1. The van der Waals surface area contributed by atoms with Crippen LogP contribution in [0.3, 0.4) is 0 Å². The van der Waals surface area contributed by atoms with Gasteiger partial charge >= 0.3 is 12.0 Å². The quantitative estimate of drug-likeness (QED) is 0.777. The Hall–Kier alpha value is -2.26. The zero-order chi connectivity index (χ0) is 13.7. The smallest absolute Gasteiger partial charge is 0.325 e. The summed E-state index contributed by atoms with van der Waals surface area (Å²) in [5.41, 5.74) is 0.456. The molecule has 0 aliphatic rings. The summed E-state index contributed by atoms with van der Waals surface area (Å²) < 4.78 is 0. The van der Waals surface area contributed by atoms with Gasteiger partial charge in [-0.1, -0.05) is 11.6 Å². The molecule has 0 radical (unpaired) electrons. The van der Waals surface area contributed by atoms with Crippen LogP contribution >= 0.6 is 11.6 Å². The van der Waals surface area contributed by atoms with Crippen molar-refractivity contribution in [3.8, 4) is 6.07 Å². The maximum absolute atomic E-state index is 11.5. The third-order valence-electron chi connectivity index (χ3n) is 2.07. The summed E-state index contributed by atoms with van der Waals surface area (Å²) >= 11 is 5.74. The topological polar surface area (TPSA) is 102 Å². The van der Waals surface area contributed by atoms with Gasteiger partial charge in [0.05, 0.1) is 11.3 Å². The molecule has 94 valence electrons. The second-order valence-corrected chi connectivity index (χ2v) is 3.90. The third kappa shape index (κ3) is 3.64. The molecule has 18 heavy (non-hydrogen) atoms. The molecule has 1 aromatic carbocycles. The Kier molecular flexibility index (Phi) is 4.52. The van der Waals surface area contributed by atoms with Crippen LogP contribution < -0.4 is 10.6 Å². The van der Waals surface area contributed by atoms with Crippen LogP contribution in [0, 0.1) is 11.3 Å². The van der Waals surface area contributed by atoms with Gasteiger partial charge in [0, 0.05) is 5.02 Å². The molecular formula is C11H10ClN3O3. The van der Waals surface area contributed by atoms with E-state index in [9.17, 15) is 9.59 Å². The van der Waals surface area contributed by atoms with Gasteiger partial charge in [0.15, 0.2) is 0 Å². The molecule has 0 saturated carbocycles. The molecule has 0 fully saturated rings. The largest absolute Gasteiger partial charge is 0.480 e. The lowest BCUT2D eigenvalue weighted by molar-refractivity contribution is -0.138. The number of nitrogens with one attached hydrogen (secondary N) is 2. The summed E-state index contributed by atoms with van der Waals surface area (Å²) in [6.45, 7) is 1.32. The zero-order valence-corrected chi connectivity index (χ0v) is 10.2. The first-order valence-corrected chi connectivity index (χ1v) is 5.32. The highest BCUT2D eigenvalue weighted by atomic mass is 35.5. The van der Waals surface area contributed by atoms with E-state index in [2.05, 4.69) is 10.6 Å². The van der Waals surface area contributed by atoms with Gasteiger partial charge in [-0.2, -0.15) is 5.26 Å². The number of hydrogen-bond acceptors (Lipinski definition) is 3. The number of carboxylic acids is 1. The van der Waals surface area contributed by atoms with E-state index in [1.807, 2.05) is 6.07 Å². The number of benzene rings is 1. The Balaban J connectivity index is 2.79. The Morgan fingerprint density at radius 1 is 1.50 bits per heavy atom. The molecule has 0 saturated heterocycles. The number of hydrogen-bond donors (Lipinski definition) is 3. The molecule has 0 aliphatic carbocycles. The average Bonchev–Trinajstić information content (AvgIpc) is 2.28. The fourth-order valence-corrected chi connectivity index (χ4v) is 1.31. The monoisotopic (exact) mass is 267 g/mol. The first kappa shape index (κ1) is 13.8. The molecule has 0 heterocycles. The van der Waals surface area contributed by atoms with Gasteiger partial charge in [-0.15, -0.1) is 0 Å². The predicted molar refractivity (Wildman–Crippen MR) is 65.4 cm³/mol. The first-order chi connectivity index (χ1) is 8.43. The molecule has 3 N–H and O–H groups in total. The predicted octanol–water partition coefficient (Wildman–Crippen LogP) is 1.81. The summed E-state index contributed by atoms with van der Waals surface area (Å²) in [4.78, 5) is 22.0. The summed E-state index contributed by atoms with van der Waals surface area (Å²) in [6.07, 6.45) is 0. The second kappa shape index (κ2) is 5.89. The lowest BCUT2D eigenvalue weighted by Crippen LogP contribution is -2.40. The highest BCUT2D eigenvalue weighted by Gasteiger charge is 2.14. The van der Waals surface area contributed by atoms with Crippen molar-refractivity contribution >= 4 is 29.3 Å². The molecule has 6 nitrogen and oxygen atoms in total. The maximum Gasteiger partial charge on any atom is 0.325 e. The van der Waals surface area contributed by atoms with Crippen molar-refractivity contribution < 1.29 is 14.7 Å². The molecule has 0 aliphatic heterocycles. The molecule has 0 aromatic heterocycles. The minimum Gasteiger partial charge on any atom is -0.480 e. The highest BCUT2D eigenvalue weighted by Crippen LogP contribution is 2.20. The lowest BCUT2D eigenvalue weighted by atomic mass is 10.2. The van der Waals surface area contributed by atoms with Crippen LogP contribution in [-0.2, 0) is 4.79 Å². The van der Waals surface area contributed by atoms with Crippen molar-refractivity contribution in [1.82, 2.24) is 5.32 Å². The van der Waals surface area contributed by atoms with E-state index >= 15 is 0 Å². The minimum absolute atomic E-state index is 0.222. The fourth-order valence-electron chi connectivity index (χ4n) is 1.13. The third-order valence-corrected chi connectivity index (χ3v) is 2.30. The highest BCUT2D eigenvalue weighted by molar-refractivity contribution is 6.31. The minimum atomic E-state index is -1.16. The lowest BCUT2D eigenvalue weighted by Gasteiger charge is -2.11.